The zero-order valence-corrected chi connectivity index (χ0v) is 13.6. The summed E-state index contributed by atoms with van der Waals surface area (Å²) in [4.78, 5) is 24.9. The smallest absolute Gasteiger partial charge is 0.222 e. The molecule has 3 heterocycles. The Morgan fingerprint density at radius 2 is 2.04 bits per heavy atom. The van der Waals surface area contributed by atoms with Gasteiger partial charge in [-0.15, -0.1) is 0 Å². The van der Waals surface area contributed by atoms with Crippen LogP contribution in [0.5, 0.6) is 0 Å². The standard InChI is InChI=1S/C17H23N5O/c1-15-19-7-9-20(15)8-3-5-17(23)22-12-10-21(11-13-22)16-4-2-6-18-14-16/h2,4,6-7,9,14H,3,5,8,10-13H2,1H3. The van der Waals surface area contributed by atoms with Gasteiger partial charge in [0, 0.05) is 57.7 Å². The van der Waals surface area contributed by atoms with Crippen LogP contribution in [0.1, 0.15) is 18.7 Å². The Morgan fingerprint density at radius 1 is 1.22 bits per heavy atom. The predicted molar refractivity (Wildman–Crippen MR) is 89.2 cm³/mol. The van der Waals surface area contributed by atoms with Crippen LogP contribution in [0, 0.1) is 6.92 Å². The fourth-order valence-electron chi connectivity index (χ4n) is 2.95. The number of aryl methyl sites for hydroxylation is 2. The van der Waals surface area contributed by atoms with E-state index < -0.39 is 0 Å². The fourth-order valence-corrected chi connectivity index (χ4v) is 2.95. The van der Waals surface area contributed by atoms with Gasteiger partial charge in [0.25, 0.3) is 0 Å². The molecule has 0 aromatic carbocycles. The molecular formula is C17H23N5O. The number of hydrogen-bond donors (Lipinski definition) is 0. The summed E-state index contributed by atoms with van der Waals surface area (Å²) in [6.07, 6.45) is 8.89. The number of pyridine rings is 1. The molecule has 1 saturated heterocycles. The van der Waals surface area contributed by atoms with Gasteiger partial charge < -0.3 is 14.4 Å². The molecule has 0 spiro atoms. The molecule has 1 aliphatic rings. The zero-order chi connectivity index (χ0) is 16.1. The van der Waals surface area contributed by atoms with Gasteiger partial charge in [-0.3, -0.25) is 9.78 Å². The van der Waals surface area contributed by atoms with Gasteiger partial charge in [0.1, 0.15) is 5.82 Å². The van der Waals surface area contributed by atoms with Crippen LogP contribution in [0.15, 0.2) is 36.9 Å². The molecule has 2 aromatic rings. The minimum absolute atomic E-state index is 0.258. The Kier molecular flexibility index (Phi) is 4.90. The number of carbonyl (C=O) groups excluding carboxylic acids is 1. The molecule has 2 aromatic heterocycles. The first-order valence-corrected chi connectivity index (χ1v) is 8.14. The molecule has 0 N–H and O–H groups in total. The lowest BCUT2D eigenvalue weighted by Gasteiger charge is -2.36. The van der Waals surface area contributed by atoms with Crippen molar-refractivity contribution in [3.8, 4) is 0 Å². The van der Waals surface area contributed by atoms with E-state index in [-0.39, 0.29) is 5.91 Å². The summed E-state index contributed by atoms with van der Waals surface area (Å²) in [7, 11) is 0. The first-order chi connectivity index (χ1) is 11.2. The number of piperazine rings is 1. The maximum Gasteiger partial charge on any atom is 0.222 e. The molecule has 0 aliphatic carbocycles. The summed E-state index contributed by atoms with van der Waals surface area (Å²) >= 11 is 0. The molecule has 0 saturated carbocycles. The van der Waals surface area contributed by atoms with Gasteiger partial charge in [-0.25, -0.2) is 4.98 Å². The van der Waals surface area contributed by atoms with Crippen LogP contribution in [0.2, 0.25) is 0 Å². The van der Waals surface area contributed by atoms with Gasteiger partial charge in [-0.1, -0.05) is 0 Å². The molecular weight excluding hydrogens is 290 g/mol. The fraction of sp³-hybridized carbons (Fsp3) is 0.471. The van der Waals surface area contributed by atoms with E-state index in [0.717, 1.165) is 50.7 Å². The zero-order valence-electron chi connectivity index (χ0n) is 13.6. The highest BCUT2D eigenvalue weighted by molar-refractivity contribution is 5.76. The first-order valence-electron chi connectivity index (χ1n) is 8.14. The van der Waals surface area contributed by atoms with E-state index in [0.29, 0.717) is 6.42 Å². The van der Waals surface area contributed by atoms with Gasteiger partial charge in [-0.05, 0) is 25.5 Å². The molecule has 1 amide bonds. The molecule has 122 valence electrons. The quantitative estimate of drug-likeness (QED) is 0.843. The Hall–Kier alpha value is -2.37. The second kappa shape index (κ2) is 7.26. The Balaban J connectivity index is 1.42. The highest BCUT2D eigenvalue weighted by Crippen LogP contribution is 2.15. The normalized spacial score (nSPS) is 15.0. The summed E-state index contributed by atoms with van der Waals surface area (Å²) in [5.74, 6) is 1.26. The maximum absolute atomic E-state index is 12.3. The molecule has 0 radical (unpaired) electrons. The van der Waals surface area contributed by atoms with Crippen LogP contribution in [0.3, 0.4) is 0 Å². The summed E-state index contributed by atoms with van der Waals surface area (Å²) in [6, 6.07) is 4.02. The molecule has 0 bridgehead atoms. The van der Waals surface area contributed by atoms with Crippen molar-refractivity contribution in [1.82, 2.24) is 19.4 Å². The van der Waals surface area contributed by atoms with Crippen LogP contribution in [0.25, 0.3) is 0 Å². The Bertz CT molecular complexity index is 631. The lowest BCUT2D eigenvalue weighted by Crippen LogP contribution is -2.48. The van der Waals surface area contributed by atoms with Gasteiger partial charge in [0.05, 0.1) is 11.9 Å². The van der Waals surface area contributed by atoms with Crippen molar-refractivity contribution in [1.29, 1.82) is 0 Å². The van der Waals surface area contributed by atoms with Gasteiger partial charge in [-0.2, -0.15) is 0 Å². The third kappa shape index (κ3) is 3.88. The molecule has 23 heavy (non-hydrogen) atoms. The van der Waals surface area contributed by atoms with Gasteiger partial charge >= 0.3 is 0 Å². The van der Waals surface area contributed by atoms with Crippen molar-refractivity contribution in [2.45, 2.75) is 26.3 Å². The third-order valence-electron chi connectivity index (χ3n) is 4.36. The third-order valence-corrected chi connectivity index (χ3v) is 4.36. The lowest BCUT2D eigenvalue weighted by atomic mass is 10.2. The van der Waals surface area contributed by atoms with Crippen LogP contribution < -0.4 is 4.90 Å². The van der Waals surface area contributed by atoms with Gasteiger partial charge in [0.2, 0.25) is 5.91 Å². The van der Waals surface area contributed by atoms with Gasteiger partial charge in [0.15, 0.2) is 0 Å². The van der Waals surface area contributed by atoms with E-state index in [9.17, 15) is 4.79 Å². The molecule has 1 aliphatic heterocycles. The number of hydrogen-bond acceptors (Lipinski definition) is 4. The lowest BCUT2D eigenvalue weighted by molar-refractivity contribution is -0.131. The van der Waals surface area contributed by atoms with Crippen molar-refractivity contribution in [2.75, 3.05) is 31.1 Å². The van der Waals surface area contributed by atoms with E-state index in [1.54, 1.807) is 12.4 Å². The Labute approximate surface area is 136 Å². The second-order valence-corrected chi connectivity index (χ2v) is 5.85. The number of rotatable bonds is 5. The largest absolute Gasteiger partial charge is 0.367 e. The van der Waals surface area contributed by atoms with E-state index in [1.807, 2.05) is 30.3 Å². The first kappa shape index (κ1) is 15.5. The predicted octanol–water partition coefficient (Wildman–Crippen LogP) is 1.72. The van der Waals surface area contributed by atoms with E-state index >= 15 is 0 Å². The average molecular weight is 313 g/mol. The summed E-state index contributed by atoms with van der Waals surface area (Å²) in [5, 5.41) is 0. The van der Waals surface area contributed by atoms with Crippen molar-refractivity contribution >= 4 is 11.6 Å². The minimum atomic E-state index is 0.258. The Morgan fingerprint density at radius 3 is 2.70 bits per heavy atom. The second-order valence-electron chi connectivity index (χ2n) is 5.85. The highest BCUT2D eigenvalue weighted by atomic mass is 16.2. The van der Waals surface area contributed by atoms with E-state index in [2.05, 4.69) is 25.5 Å². The topological polar surface area (TPSA) is 54.3 Å². The van der Waals surface area contributed by atoms with Crippen molar-refractivity contribution in [2.24, 2.45) is 0 Å². The molecule has 0 atom stereocenters. The van der Waals surface area contributed by atoms with Crippen LogP contribution >= 0.6 is 0 Å². The number of anilines is 1. The number of aromatic nitrogens is 3. The maximum atomic E-state index is 12.3. The van der Waals surface area contributed by atoms with E-state index in [4.69, 9.17) is 0 Å². The summed E-state index contributed by atoms with van der Waals surface area (Å²) in [5.41, 5.74) is 1.13. The summed E-state index contributed by atoms with van der Waals surface area (Å²) < 4.78 is 2.09. The monoisotopic (exact) mass is 313 g/mol. The molecule has 0 unspecified atom stereocenters. The minimum Gasteiger partial charge on any atom is -0.367 e. The number of amides is 1. The number of carbonyl (C=O) groups is 1. The van der Waals surface area contributed by atoms with Crippen LogP contribution in [-0.2, 0) is 11.3 Å². The average Bonchev–Trinajstić information content (AvgIpc) is 3.01. The molecule has 6 nitrogen and oxygen atoms in total. The van der Waals surface area contributed by atoms with E-state index in [1.165, 1.54) is 0 Å². The molecule has 3 rings (SSSR count). The van der Waals surface area contributed by atoms with Crippen molar-refractivity contribution in [3.05, 3.63) is 42.7 Å². The van der Waals surface area contributed by atoms with Crippen molar-refractivity contribution < 1.29 is 4.79 Å². The number of nitrogens with zero attached hydrogens (tertiary/aromatic N) is 5. The highest BCUT2D eigenvalue weighted by Gasteiger charge is 2.20. The van der Waals surface area contributed by atoms with Crippen molar-refractivity contribution in [3.63, 3.8) is 0 Å². The summed E-state index contributed by atoms with van der Waals surface area (Å²) in [6.45, 7) is 6.17. The molecule has 1 fully saturated rings. The molecule has 6 heteroatoms. The van der Waals surface area contributed by atoms with Crippen LogP contribution in [-0.4, -0.2) is 51.5 Å². The number of imidazole rings is 1. The SMILES string of the molecule is Cc1nccn1CCCC(=O)N1CCN(c2cccnc2)CC1. The van der Waals surface area contributed by atoms with Crippen LogP contribution in [0.4, 0.5) is 5.69 Å².